The average molecular weight is 310 g/mol. The monoisotopic (exact) mass is 310 g/mol. The van der Waals surface area contributed by atoms with Crippen molar-refractivity contribution in [1.29, 1.82) is 0 Å². The topological polar surface area (TPSA) is 77.8 Å². The van der Waals surface area contributed by atoms with Crippen LogP contribution >= 0.6 is 11.3 Å². The Labute approximate surface area is 133 Å². The number of thiazole rings is 1. The van der Waals surface area contributed by atoms with Crippen LogP contribution < -0.4 is 11.5 Å². The minimum absolute atomic E-state index is 0.561. The summed E-state index contributed by atoms with van der Waals surface area (Å²) in [6.45, 7) is 0.564. The average Bonchev–Trinajstić information content (AvgIpc) is 2.95. The van der Waals surface area contributed by atoms with Crippen molar-refractivity contribution in [1.82, 2.24) is 9.97 Å². The summed E-state index contributed by atoms with van der Waals surface area (Å²) in [6, 6.07) is 10.0. The minimum Gasteiger partial charge on any atom is -0.384 e. The molecule has 4 nitrogen and oxygen atoms in total. The number of allylic oxidation sites excluding steroid dienone is 1. The predicted molar refractivity (Wildman–Crippen MR) is 93.5 cm³/mol. The molecule has 0 spiro atoms. The smallest absolute Gasteiger partial charge is 0.123 e. The fourth-order valence-electron chi connectivity index (χ4n) is 2.20. The van der Waals surface area contributed by atoms with Crippen LogP contribution in [0.5, 0.6) is 0 Å². The quantitative estimate of drug-likeness (QED) is 0.757. The van der Waals surface area contributed by atoms with Crippen molar-refractivity contribution in [3.05, 3.63) is 58.7 Å². The van der Waals surface area contributed by atoms with Gasteiger partial charge in [0.2, 0.25) is 0 Å². The molecule has 0 atom stereocenters. The Morgan fingerprint density at radius 3 is 2.77 bits per heavy atom. The van der Waals surface area contributed by atoms with Crippen LogP contribution in [0.4, 0.5) is 5.82 Å². The van der Waals surface area contributed by atoms with Crippen molar-refractivity contribution in [3.63, 3.8) is 0 Å². The lowest BCUT2D eigenvalue weighted by Crippen LogP contribution is -1.94. The first-order valence-corrected chi connectivity index (χ1v) is 8.03. The highest BCUT2D eigenvalue weighted by Crippen LogP contribution is 2.24. The molecular weight excluding hydrogens is 292 g/mol. The van der Waals surface area contributed by atoms with Gasteiger partial charge in [0, 0.05) is 12.7 Å². The van der Waals surface area contributed by atoms with Gasteiger partial charge in [-0.25, -0.2) is 9.97 Å². The van der Waals surface area contributed by atoms with E-state index in [0.717, 1.165) is 28.9 Å². The zero-order valence-electron chi connectivity index (χ0n) is 12.2. The van der Waals surface area contributed by atoms with Gasteiger partial charge < -0.3 is 11.5 Å². The highest BCUT2D eigenvalue weighted by molar-refractivity contribution is 7.19. The molecule has 0 fully saturated rings. The fraction of sp³-hybridized carbons (Fsp3) is 0.176. The third kappa shape index (κ3) is 3.50. The number of hydrogen-bond acceptors (Lipinski definition) is 5. The van der Waals surface area contributed by atoms with Gasteiger partial charge in [0.05, 0.1) is 10.2 Å². The highest BCUT2D eigenvalue weighted by Gasteiger charge is 2.02. The van der Waals surface area contributed by atoms with E-state index in [1.807, 2.05) is 30.5 Å². The second kappa shape index (κ2) is 6.68. The third-order valence-corrected chi connectivity index (χ3v) is 4.40. The zero-order chi connectivity index (χ0) is 15.4. The molecule has 0 saturated carbocycles. The van der Waals surface area contributed by atoms with Gasteiger partial charge in [0.1, 0.15) is 10.8 Å². The van der Waals surface area contributed by atoms with Crippen molar-refractivity contribution >= 4 is 33.4 Å². The Morgan fingerprint density at radius 1 is 1.14 bits per heavy atom. The molecule has 0 aliphatic heterocycles. The van der Waals surface area contributed by atoms with Crippen LogP contribution in [0.15, 0.2) is 42.6 Å². The van der Waals surface area contributed by atoms with Gasteiger partial charge in [0.25, 0.3) is 0 Å². The first-order chi connectivity index (χ1) is 10.7. The molecule has 0 amide bonds. The molecule has 5 heteroatoms. The number of nitrogens with zero attached hydrogens (tertiary/aromatic N) is 2. The lowest BCUT2D eigenvalue weighted by molar-refractivity contribution is 0.992. The molecule has 22 heavy (non-hydrogen) atoms. The number of nitrogens with two attached hydrogens (primary N) is 2. The molecule has 112 valence electrons. The van der Waals surface area contributed by atoms with Gasteiger partial charge >= 0.3 is 0 Å². The Bertz CT molecular complexity index is 790. The molecule has 0 aliphatic rings. The SMILES string of the molecule is NCc1ccc2nc(/C=C/CCc3ccc(N)nc3)sc2c1. The first kappa shape index (κ1) is 14.7. The van der Waals surface area contributed by atoms with Crippen molar-refractivity contribution in [3.8, 4) is 0 Å². The maximum absolute atomic E-state index is 5.67. The molecule has 0 aliphatic carbocycles. The van der Waals surface area contributed by atoms with E-state index in [1.54, 1.807) is 11.3 Å². The van der Waals surface area contributed by atoms with E-state index in [0.29, 0.717) is 12.4 Å². The predicted octanol–water partition coefficient (Wildman–Crippen LogP) is 3.38. The van der Waals surface area contributed by atoms with E-state index in [4.69, 9.17) is 11.5 Å². The summed E-state index contributed by atoms with van der Waals surface area (Å²) in [4.78, 5) is 8.70. The number of fused-ring (bicyclic) bond motifs is 1. The third-order valence-electron chi connectivity index (χ3n) is 3.41. The molecule has 3 aromatic rings. The van der Waals surface area contributed by atoms with Gasteiger partial charge in [-0.1, -0.05) is 18.2 Å². The highest BCUT2D eigenvalue weighted by atomic mass is 32.1. The van der Waals surface area contributed by atoms with E-state index in [-0.39, 0.29) is 0 Å². The molecular formula is C17H18N4S. The number of aromatic nitrogens is 2. The van der Waals surface area contributed by atoms with Crippen LogP contribution in [0.25, 0.3) is 16.3 Å². The lowest BCUT2D eigenvalue weighted by atomic mass is 10.1. The molecule has 4 N–H and O–H groups in total. The van der Waals surface area contributed by atoms with Crippen molar-refractivity contribution in [2.24, 2.45) is 5.73 Å². The summed E-state index contributed by atoms with van der Waals surface area (Å²) in [7, 11) is 0. The number of nitrogen functional groups attached to an aromatic ring is 1. The van der Waals surface area contributed by atoms with E-state index in [9.17, 15) is 0 Å². The fourth-order valence-corrected chi connectivity index (χ4v) is 3.17. The maximum atomic E-state index is 5.67. The van der Waals surface area contributed by atoms with E-state index < -0.39 is 0 Å². The van der Waals surface area contributed by atoms with Crippen LogP contribution in [-0.4, -0.2) is 9.97 Å². The molecule has 0 saturated heterocycles. The second-order valence-corrected chi connectivity index (χ2v) is 6.15. The molecule has 0 radical (unpaired) electrons. The van der Waals surface area contributed by atoms with Gasteiger partial charge in [0.15, 0.2) is 0 Å². The number of benzene rings is 1. The largest absolute Gasteiger partial charge is 0.384 e. The number of pyridine rings is 1. The summed E-state index contributed by atoms with van der Waals surface area (Å²) < 4.78 is 1.19. The van der Waals surface area contributed by atoms with E-state index in [1.165, 1.54) is 10.3 Å². The Hall–Kier alpha value is -2.24. The van der Waals surface area contributed by atoms with Crippen LogP contribution in [0.3, 0.4) is 0 Å². The molecule has 1 aromatic carbocycles. The van der Waals surface area contributed by atoms with Crippen LogP contribution in [0.2, 0.25) is 0 Å². The minimum atomic E-state index is 0.561. The molecule has 0 unspecified atom stereocenters. The van der Waals surface area contributed by atoms with Crippen molar-refractivity contribution < 1.29 is 0 Å². The van der Waals surface area contributed by atoms with Crippen LogP contribution in [-0.2, 0) is 13.0 Å². The van der Waals surface area contributed by atoms with Gasteiger partial charge in [-0.3, -0.25) is 0 Å². The number of rotatable bonds is 5. The van der Waals surface area contributed by atoms with Gasteiger partial charge in [-0.2, -0.15) is 0 Å². The second-order valence-electron chi connectivity index (χ2n) is 5.09. The number of anilines is 1. The first-order valence-electron chi connectivity index (χ1n) is 7.21. The zero-order valence-corrected chi connectivity index (χ0v) is 13.0. The number of aryl methyl sites for hydroxylation is 1. The normalized spacial score (nSPS) is 11.5. The summed E-state index contributed by atoms with van der Waals surface area (Å²) in [6.07, 6.45) is 7.96. The Kier molecular flexibility index (Phi) is 4.46. The summed E-state index contributed by atoms with van der Waals surface area (Å²) in [5.41, 5.74) is 14.6. The van der Waals surface area contributed by atoms with Crippen LogP contribution in [0, 0.1) is 0 Å². The standard InChI is InChI=1S/C17H18N4S/c18-10-13-5-7-14-15(9-13)22-17(21-14)4-2-1-3-12-6-8-16(19)20-11-12/h2,4-9,11H,1,3,10,18H2,(H2,19,20)/b4-2+. The van der Waals surface area contributed by atoms with E-state index in [2.05, 4.69) is 28.2 Å². The summed E-state index contributed by atoms with van der Waals surface area (Å²) in [5, 5.41) is 1.03. The molecule has 2 aromatic heterocycles. The molecule has 2 heterocycles. The Balaban J connectivity index is 1.63. The number of hydrogen-bond donors (Lipinski definition) is 2. The molecule has 0 bridgehead atoms. The van der Waals surface area contributed by atoms with Crippen molar-refractivity contribution in [2.75, 3.05) is 5.73 Å². The van der Waals surface area contributed by atoms with Gasteiger partial charge in [-0.05, 0) is 48.2 Å². The van der Waals surface area contributed by atoms with Crippen LogP contribution in [0.1, 0.15) is 22.6 Å². The lowest BCUT2D eigenvalue weighted by Gasteiger charge is -1.97. The maximum Gasteiger partial charge on any atom is 0.123 e. The van der Waals surface area contributed by atoms with Crippen molar-refractivity contribution in [2.45, 2.75) is 19.4 Å². The van der Waals surface area contributed by atoms with E-state index >= 15 is 0 Å². The molecule has 3 rings (SSSR count). The van der Waals surface area contributed by atoms with Gasteiger partial charge in [-0.15, -0.1) is 11.3 Å². The Morgan fingerprint density at radius 2 is 2.00 bits per heavy atom. The summed E-state index contributed by atoms with van der Waals surface area (Å²) >= 11 is 1.69. The summed E-state index contributed by atoms with van der Waals surface area (Å²) in [5.74, 6) is 0.561.